The summed E-state index contributed by atoms with van der Waals surface area (Å²) >= 11 is 0. The molecule has 1 amide bonds. The predicted octanol–water partition coefficient (Wildman–Crippen LogP) is 0.869. The largest absolute Gasteiger partial charge is 0.399 e. The smallest absolute Gasteiger partial charge is 0.228 e. The van der Waals surface area contributed by atoms with E-state index in [2.05, 4.69) is 16.8 Å². The summed E-state index contributed by atoms with van der Waals surface area (Å²) in [6.07, 6.45) is 0.560. The number of anilines is 2. The van der Waals surface area contributed by atoms with E-state index in [0.29, 0.717) is 12.1 Å². The number of benzene rings is 1. The van der Waals surface area contributed by atoms with E-state index in [9.17, 15) is 4.79 Å². The molecule has 110 valence electrons. The van der Waals surface area contributed by atoms with Crippen molar-refractivity contribution in [3.8, 4) is 0 Å². The van der Waals surface area contributed by atoms with E-state index in [1.807, 2.05) is 31.3 Å². The Bertz CT molecular complexity index is 438. The summed E-state index contributed by atoms with van der Waals surface area (Å²) in [6, 6.07) is 7.39. The second kappa shape index (κ2) is 6.72. The van der Waals surface area contributed by atoms with Gasteiger partial charge < -0.3 is 20.4 Å². The number of nitrogen functional groups attached to an aromatic ring is 1. The number of nitrogens with two attached hydrogens (primary N) is 1. The average molecular weight is 276 g/mol. The van der Waals surface area contributed by atoms with E-state index >= 15 is 0 Å². The molecule has 1 heterocycles. The molecule has 1 aliphatic rings. The van der Waals surface area contributed by atoms with Crippen LogP contribution < -0.4 is 10.6 Å². The highest BCUT2D eigenvalue weighted by atomic mass is 16.2. The van der Waals surface area contributed by atoms with Crippen LogP contribution in [0.5, 0.6) is 0 Å². The second-order valence-corrected chi connectivity index (χ2v) is 5.44. The van der Waals surface area contributed by atoms with Gasteiger partial charge >= 0.3 is 0 Å². The second-order valence-electron chi connectivity index (χ2n) is 5.44. The summed E-state index contributed by atoms with van der Waals surface area (Å²) < 4.78 is 0. The maximum Gasteiger partial charge on any atom is 0.228 e. The van der Waals surface area contributed by atoms with Crippen molar-refractivity contribution in [3.63, 3.8) is 0 Å². The van der Waals surface area contributed by atoms with Crippen molar-refractivity contribution in [3.05, 3.63) is 24.3 Å². The molecule has 0 aliphatic carbocycles. The van der Waals surface area contributed by atoms with E-state index in [1.165, 1.54) is 0 Å². The first kappa shape index (κ1) is 14.8. The lowest BCUT2D eigenvalue weighted by Crippen LogP contribution is -2.45. The SMILES string of the molecule is CN1CCN(CCC(=O)N(C)c2ccc(N)cc2)CC1. The normalized spacial score (nSPS) is 17.1. The van der Waals surface area contributed by atoms with Crippen LogP contribution in [-0.4, -0.2) is 62.5 Å². The van der Waals surface area contributed by atoms with Gasteiger partial charge in [-0.15, -0.1) is 0 Å². The van der Waals surface area contributed by atoms with E-state index in [4.69, 9.17) is 5.73 Å². The fourth-order valence-corrected chi connectivity index (χ4v) is 2.33. The first-order chi connectivity index (χ1) is 9.56. The minimum Gasteiger partial charge on any atom is -0.399 e. The highest BCUT2D eigenvalue weighted by molar-refractivity contribution is 5.93. The summed E-state index contributed by atoms with van der Waals surface area (Å²) in [4.78, 5) is 18.6. The molecule has 0 atom stereocenters. The van der Waals surface area contributed by atoms with Gasteiger partial charge in [0.15, 0.2) is 0 Å². The first-order valence-electron chi connectivity index (χ1n) is 7.09. The number of carbonyl (C=O) groups excluding carboxylic acids is 1. The third-order valence-corrected chi connectivity index (χ3v) is 3.89. The van der Waals surface area contributed by atoms with E-state index in [1.54, 1.807) is 4.90 Å². The Balaban J connectivity index is 1.80. The van der Waals surface area contributed by atoms with Gasteiger partial charge in [0.25, 0.3) is 0 Å². The van der Waals surface area contributed by atoms with Crippen LogP contribution in [0.1, 0.15) is 6.42 Å². The lowest BCUT2D eigenvalue weighted by Gasteiger charge is -2.32. The summed E-state index contributed by atoms with van der Waals surface area (Å²) in [5, 5.41) is 0. The number of amides is 1. The molecule has 2 rings (SSSR count). The maximum atomic E-state index is 12.2. The number of likely N-dealkylation sites (N-methyl/N-ethyl adjacent to an activating group) is 1. The van der Waals surface area contributed by atoms with Gasteiger partial charge in [-0.05, 0) is 31.3 Å². The fraction of sp³-hybridized carbons (Fsp3) is 0.533. The zero-order valence-electron chi connectivity index (χ0n) is 12.4. The minimum absolute atomic E-state index is 0.147. The highest BCUT2D eigenvalue weighted by Crippen LogP contribution is 2.15. The van der Waals surface area contributed by atoms with Gasteiger partial charge in [0.05, 0.1) is 0 Å². The summed E-state index contributed by atoms with van der Waals surface area (Å²) in [7, 11) is 3.95. The molecule has 1 aromatic carbocycles. The van der Waals surface area contributed by atoms with Gasteiger partial charge in [0.2, 0.25) is 5.91 Å². The monoisotopic (exact) mass is 276 g/mol. The van der Waals surface area contributed by atoms with Crippen molar-refractivity contribution in [1.82, 2.24) is 9.80 Å². The minimum atomic E-state index is 0.147. The predicted molar refractivity (Wildman–Crippen MR) is 82.8 cm³/mol. The Hall–Kier alpha value is -1.59. The summed E-state index contributed by atoms with van der Waals surface area (Å²) in [6.45, 7) is 5.11. The van der Waals surface area contributed by atoms with Crippen molar-refractivity contribution in [2.45, 2.75) is 6.42 Å². The lowest BCUT2D eigenvalue weighted by atomic mass is 10.2. The topological polar surface area (TPSA) is 52.8 Å². The number of carbonyl (C=O) groups is 1. The van der Waals surface area contributed by atoms with Crippen molar-refractivity contribution in [2.24, 2.45) is 0 Å². The third kappa shape index (κ3) is 3.95. The Labute approximate surface area is 120 Å². The van der Waals surface area contributed by atoms with Gasteiger partial charge in [-0.1, -0.05) is 0 Å². The molecular weight excluding hydrogens is 252 g/mol. The standard InChI is InChI=1S/C15H24N4O/c1-17-9-11-19(12-10-17)8-7-15(20)18(2)14-5-3-13(16)4-6-14/h3-6H,7-12,16H2,1-2H3. The summed E-state index contributed by atoms with van der Waals surface area (Å²) in [5.74, 6) is 0.147. The van der Waals surface area contributed by atoms with Gasteiger partial charge in [-0.25, -0.2) is 0 Å². The van der Waals surface area contributed by atoms with Crippen LogP contribution in [-0.2, 0) is 4.79 Å². The maximum absolute atomic E-state index is 12.2. The Morgan fingerprint density at radius 3 is 2.40 bits per heavy atom. The molecule has 0 saturated carbocycles. The number of nitrogens with zero attached hydrogens (tertiary/aromatic N) is 3. The number of hydrogen-bond donors (Lipinski definition) is 1. The van der Waals surface area contributed by atoms with E-state index in [0.717, 1.165) is 38.4 Å². The molecule has 0 radical (unpaired) electrons. The van der Waals surface area contributed by atoms with Crippen LogP contribution in [0, 0.1) is 0 Å². The van der Waals surface area contributed by atoms with Crippen LogP contribution in [0.3, 0.4) is 0 Å². The lowest BCUT2D eigenvalue weighted by molar-refractivity contribution is -0.118. The number of rotatable bonds is 4. The van der Waals surface area contributed by atoms with Crippen LogP contribution in [0.25, 0.3) is 0 Å². The molecule has 1 aliphatic heterocycles. The van der Waals surface area contributed by atoms with Crippen LogP contribution >= 0.6 is 0 Å². The first-order valence-corrected chi connectivity index (χ1v) is 7.09. The highest BCUT2D eigenvalue weighted by Gasteiger charge is 2.16. The van der Waals surface area contributed by atoms with E-state index in [-0.39, 0.29) is 5.91 Å². The van der Waals surface area contributed by atoms with Gasteiger partial charge in [0.1, 0.15) is 0 Å². The molecule has 2 N–H and O–H groups in total. The number of hydrogen-bond acceptors (Lipinski definition) is 4. The zero-order valence-corrected chi connectivity index (χ0v) is 12.4. The molecular formula is C15H24N4O. The molecule has 0 aromatic heterocycles. The quantitative estimate of drug-likeness (QED) is 0.829. The van der Waals surface area contributed by atoms with E-state index < -0.39 is 0 Å². The Morgan fingerprint density at radius 2 is 1.80 bits per heavy atom. The van der Waals surface area contributed by atoms with Crippen LogP contribution in [0.15, 0.2) is 24.3 Å². The summed E-state index contributed by atoms with van der Waals surface area (Å²) in [5.41, 5.74) is 7.26. The molecule has 1 fully saturated rings. The van der Waals surface area contributed by atoms with Gasteiger partial charge in [-0.3, -0.25) is 4.79 Å². The Morgan fingerprint density at radius 1 is 1.20 bits per heavy atom. The number of piperazine rings is 1. The molecule has 5 nitrogen and oxygen atoms in total. The third-order valence-electron chi connectivity index (χ3n) is 3.89. The van der Waals surface area contributed by atoms with Crippen molar-refractivity contribution >= 4 is 17.3 Å². The average Bonchev–Trinajstić information content (AvgIpc) is 2.46. The Kier molecular flexibility index (Phi) is 4.98. The fourth-order valence-electron chi connectivity index (χ4n) is 2.33. The van der Waals surface area contributed by atoms with Crippen molar-refractivity contribution < 1.29 is 4.79 Å². The van der Waals surface area contributed by atoms with Crippen molar-refractivity contribution in [2.75, 3.05) is 57.5 Å². The molecule has 0 spiro atoms. The van der Waals surface area contributed by atoms with Gasteiger partial charge in [0, 0.05) is 57.6 Å². The zero-order chi connectivity index (χ0) is 14.5. The molecule has 0 unspecified atom stereocenters. The van der Waals surface area contributed by atoms with Crippen LogP contribution in [0.2, 0.25) is 0 Å². The van der Waals surface area contributed by atoms with Gasteiger partial charge in [-0.2, -0.15) is 0 Å². The molecule has 20 heavy (non-hydrogen) atoms. The molecule has 5 heteroatoms. The van der Waals surface area contributed by atoms with Crippen molar-refractivity contribution in [1.29, 1.82) is 0 Å². The molecule has 1 saturated heterocycles. The molecule has 0 bridgehead atoms. The van der Waals surface area contributed by atoms with Crippen LogP contribution in [0.4, 0.5) is 11.4 Å². The molecule has 1 aromatic rings.